The molecule has 1 aromatic heterocycles. The third-order valence-electron chi connectivity index (χ3n) is 2.98. The van der Waals surface area contributed by atoms with Crippen LogP contribution in [0.4, 0.5) is 0 Å². The van der Waals surface area contributed by atoms with Crippen LogP contribution in [0.15, 0.2) is 48.8 Å². The molecule has 0 aliphatic carbocycles. The van der Waals surface area contributed by atoms with Crippen LogP contribution in [0.2, 0.25) is 0 Å². The second kappa shape index (κ2) is 7.43. The van der Waals surface area contributed by atoms with Crippen molar-refractivity contribution in [3.05, 3.63) is 59.9 Å². The highest BCUT2D eigenvalue weighted by Crippen LogP contribution is 2.14. The lowest BCUT2D eigenvalue weighted by Crippen LogP contribution is -2.02. The molecule has 3 nitrogen and oxygen atoms in total. The standard InChI is InChI=1S/C17H19NO2/c1-2-10-20-16-11-14(12-18-13-16)8-9-17(19)15-6-4-3-5-7-15/h3-7,11-13H,2,8-10H2,1H3. The molecule has 0 aliphatic heterocycles. The number of ketones is 1. The van der Waals surface area contributed by atoms with Gasteiger partial charge >= 0.3 is 0 Å². The van der Waals surface area contributed by atoms with Gasteiger partial charge in [0.25, 0.3) is 0 Å². The number of benzene rings is 1. The van der Waals surface area contributed by atoms with Crippen LogP contribution in [-0.2, 0) is 6.42 Å². The molecule has 0 unspecified atom stereocenters. The molecule has 2 aromatic rings. The first kappa shape index (κ1) is 14.3. The van der Waals surface area contributed by atoms with Crippen molar-refractivity contribution < 1.29 is 9.53 Å². The van der Waals surface area contributed by atoms with Crippen molar-refractivity contribution in [1.29, 1.82) is 0 Å². The van der Waals surface area contributed by atoms with E-state index in [1.807, 2.05) is 36.4 Å². The number of hydrogen-bond acceptors (Lipinski definition) is 3. The lowest BCUT2D eigenvalue weighted by atomic mass is 10.0. The lowest BCUT2D eigenvalue weighted by Gasteiger charge is -2.06. The summed E-state index contributed by atoms with van der Waals surface area (Å²) in [6.07, 6.45) is 5.64. The zero-order valence-corrected chi connectivity index (χ0v) is 11.7. The fraction of sp³-hybridized carbons (Fsp3) is 0.294. The third-order valence-corrected chi connectivity index (χ3v) is 2.98. The minimum absolute atomic E-state index is 0.158. The molecule has 0 saturated heterocycles. The summed E-state index contributed by atoms with van der Waals surface area (Å²) < 4.78 is 5.54. The largest absolute Gasteiger partial charge is 0.492 e. The number of carbonyl (C=O) groups excluding carboxylic acids is 1. The Bertz CT molecular complexity index is 552. The van der Waals surface area contributed by atoms with Gasteiger partial charge in [-0.2, -0.15) is 0 Å². The highest BCUT2D eigenvalue weighted by atomic mass is 16.5. The van der Waals surface area contributed by atoms with E-state index in [9.17, 15) is 4.79 Å². The molecular formula is C17H19NO2. The zero-order chi connectivity index (χ0) is 14.2. The molecule has 0 spiro atoms. The van der Waals surface area contributed by atoms with E-state index in [-0.39, 0.29) is 5.78 Å². The van der Waals surface area contributed by atoms with Gasteiger partial charge in [-0.3, -0.25) is 9.78 Å². The predicted molar refractivity (Wildman–Crippen MR) is 79.1 cm³/mol. The summed E-state index contributed by atoms with van der Waals surface area (Å²) in [5.41, 5.74) is 1.79. The predicted octanol–water partition coefficient (Wildman–Crippen LogP) is 3.69. The Morgan fingerprint density at radius 2 is 2.00 bits per heavy atom. The Hall–Kier alpha value is -2.16. The molecular weight excluding hydrogens is 250 g/mol. The van der Waals surface area contributed by atoms with Gasteiger partial charge in [-0.25, -0.2) is 0 Å². The summed E-state index contributed by atoms with van der Waals surface area (Å²) in [5, 5.41) is 0. The average Bonchev–Trinajstić information content (AvgIpc) is 2.52. The molecule has 1 aromatic carbocycles. The minimum atomic E-state index is 0.158. The Balaban J connectivity index is 1.92. The quantitative estimate of drug-likeness (QED) is 0.720. The summed E-state index contributed by atoms with van der Waals surface area (Å²) in [6.45, 7) is 2.75. The summed E-state index contributed by atoms with van der Waals surface area (Å²) in [7, 11) is 0. The van der Waals surface area contributed by atoms with Crippen molar-refractivity contribution in [2.24, 2.45) is 0 Å². The van der Waals surface area contributed by atoms with E-state index >= 15 is 0 Å². The number of nitrogens with zero attached hydrogens (tertiary/aromatic N) is 1. The van der Waals surface area contributed by atoms with E-state index in [4.69, 9.17) is 4.74 Å². The number of pyridine rings is 1. The van der Waals surface area contributed by atoms with E-state index in [0.29, 0.717) is 19.4 Å². The van der Waals surface area contributed by atoms with Crippen LogP contribution in [0.5, 0.6) is 5.75 Å². The van der Waals surface area contributed by atoms with Crippen LogP contribution in [-0.4, -0.2) is 17.4 Å². The Morgan fingerprint density at radius 3 is 2.75 bits per heavy atom. The SMILES string of the molecule is CCCOc1cncc(CCC(=O)c2ccccc2)c1. The van der Waals surface area contributed by atoms with Crippen molar-refractivity contribution in [1.82, 2.24) is 4.98 Å². The van der Waals surface area contributed by atoms with Gasteiger partial charge in [-0.1, -0.05) is 37.3 Å². The monoisotopic (exact) mass is 269 g/mol. The Kier molecular flexibility index (Phi) is 5.30. The van der Waals surface area contributed by atoms with Crippen molar-refractivity contribution >= 4 is 5.78 Å². The molecule has 0 atom stereocenters. The molecule has 0 saturated carbocycles. The number of hydrogen-bond donors (Lipinski definition) is 0. The number of rotatable bonds is 7. The normalized spacial score (nSPS) is 10.2. The van der Waals surface area contributed by atoms with Gasteiger partial charge in [0, 0.05) is 18.2 Å². The van der Waals surface area contributed by atoms with Crippen molar-refractivity contribution in [2.45, 2.75) is 26.2 Å². The maximum atomic E-state index is 12.0. The van der Waals surface area contributed by atoms with Gasteiger partial charge in [0.15, 0.2) is 5.78 Å². The fourth-order valence-corrected chi connectivity index (χ4v) is 1.93. The minimum Gasteiger partial charge on any atom is -0.492 e. The smallest absolute Gasteiger partial charge is 0.163 e. The zero-order valence-electron chi connectivity index (χ0n) is 11.7. The number of aryl methyl sites for hydroxylation is 1. The fourth-order valence-electron chi connectivity index (χ4n) is 1.93. The number of aromatic nitrogens is 1. The molecule has 104 valence electrons. The number of ether oxygens (including phenoxy) is 1. The molecule has 0 amide bonds. The van der Waals surface area contributed by atoms with Crippen molar-refractivity contribution in [2.75, 3.05) is 6.61 Å². The van der Waals surface area contributed by atoms with Crippen LogP contribution in [0.25, 0.3) is 0 Å². The molecule has 0 radical (unpaired) electrons. The molecule has 0 bridgehead atoms. The second-order valence-corrected chi connectivity index (χ2v) is 4.67. The molecule has 0 aliphatic rings. The van der Waals surface area contributed by atoms with Gasteiger partial charge in [0.1, 0.15) is 5.75 Å². The first-order chi connectivity index (χ1) is 9.79. The van der Waals surface area contributed by atoms with Gasteiger partial charge in [-0.05, 0) is 24.5 Å². The first-order valence-electron chi connectivity index (χ1n) is 6.94. The second-order valence-electron chi connectivity index (χ2n) is 4.67. The van der Waals surface area contributed by atoms with E-state index in [1.165, 1.54) is 0 Å². The van der Waals surface area contributed by atoms with Crippen LogP contribution < -0.4 is 4.74 Å². The molecule has 1 heterocycles. The van der Waals surface area contributed by atoms with Gasteiger partial charge in [-0.15, -0.1) is 0 Å². The van der Waals surface area contributed by atoms with Gasteiger partial charge in [0.2, 0.25) is 0 Å². The highest BCUT2D eigenvalue weighted by Gasteiger charge is 2.06. The summed E-state index contributed by atoms with van der Waals surface area (Å²) in [5.74, 6) is 0.932. The topological polar surface area (TPSA) is 39.2 Å². The average molecular weight is 269 g/mol. The molecule has 0 N–H and O–H groups in total. The summed E-state index contributed by atoms with van der Waals surface area (Å²) in [4.78, 5) is 16.2. The first-order valence-corrected chi connectivity index (χ1v) is 6.94. The summed E-state index contributed by atoms with van der Waals surface area (Å²) >= 11 is 0. The van der Waals surface area contributed by atoms with E-state index in [1.54, 1.807) is 12.4 Å². The Morgan fingerprint density at radius 1 is 1.20 bits per heavy atom. The van der Waals surface area contributed by atoms with E-state index < -0.39 is 0 Å². The number of Topliss-reactive ketones (excluding diaryl/α,β-unsaturated/α-hetero) is 1. The van der Waals surface area contributed by atoms with Gasteiger partial charge < -0.3 is 4.74 Å². The molecule has 20 heavy (non-hydrogen) atoms. The summed E-state index contributed by atoms with van der Waals surface area (Å²) in [6, 6.07) is 11.3. The lowest BCUT2D eigenvalue weighted by molar-refractivity contribution is 0.0983. The van der Waals surface area contributed by atoms with Crippen molar-refractivity contribution in [3.8, 4) is 5.75 Å². The maximum absolute atomic E-state index is 12.0. The highest BCUT2D eigenvalue weighted by molar-refractivity contribution is 5.96. The van der Waals surface area contributed by atoms with Crippen LogP contribution in [0.3, 0.4) is 0 Å². The number of carbonyl (C=O) groups is 1. The van der Waals surface area contributed by atoms with Crippen molar-refractivity contribution in [3.63, 3.8) is 0 Å². The van der Waals surface area contributed by atoms with E-state index in [0.717, 1.165) is 23.3 Å². The van der Waals surface area contributed by atoms with Gasteiger partial charge in [0.05, 0.1) is 12.8 Å². The molecule has 3 heteroatoms. The maximum Gasteiger partial charge on any atom is 0.163 e. The third kappa shape index (κ3) is 4.19. The van der Waals surface area contributed by atoms with Crippen LogP contribution in [0, 0.1) is 0 Å². The molecule has 2 rings (SSSR count). The Labute approximate surface area is 119 Å². The molecule has 0 fully saturated rings. The van der Waals surface area contributed by atoms with E-state index in [2.05, 4.69) is 11.9 Å². The van der Waals surface area contributed by atoms with Crippen LogP contribution >= 0.6 is 0 Å². The van der Waals surface area contributed by atoms with Crippen LogP contribution in [0.1, 0.15) is 35.7 Å².